The maximum absolute atomic E-state index is 8.74. The number of rotatable bonds is 3. The number of aryl methyl sites for hydroxylation is 1. The van der Waals surface area contributed by atoms with E-state index in [0.717, 1.165) is 11.2 Å². The molecule has 0 atom stereocenters. The molecule has 0 aliphatic carbocycles. The third-order valence-electron chi connectivity index (χ3n) is 4.01. The summed E-state index contributed by atoms with van der Waals surface area (Å²) < 4.78 is 12.1. The fourth-order valence-electron chi connectivity index (χ4n) is 2.08. The highest BCUT2D eigenvalue weighted by atomic mass is 16.7. The monoisotopic (exact) mass is 273 g/mol. The Morgan fingerprint density at radius 1 is 1.30 bits per heavy atom. The number of aromatic nitrogens is 1. The summed E-state index contributed by atoms with van der Waals surface area (Å²) in [6.45, 7) is 8.01. The third kappa shape index (κ3) is 2.65. The average Bonchev–Trinajstić information content (AvgIpc) is 2.57. The van der Waals surface area contributed by atoms with Gasteiger partial charge in [0.05, 0.1) is 23.5 Å². The van der Waals surface area contributed by atoms with Crippen LogP contribution in [0.1, 0.15) is 39.8 Å². The predicted octanol–water partition coefficient (Wildman–Crippen LogP) is 1.42. The number of anilines is 1. The van der Waals surface area contributed by atoms with Crippen LogP contribution in [0.4, 0.5) is 5.69 Å². The van der Waals surface area contributed by atoms with E-state index < -0.39 is 18.3 Å². The first-order valence-corrected chi connectivity index (χ1v) is 6.74. The summed E-state index contributed by atoms with van der Waals surface area (Å²) >= 11 is 0. The van der Waals surface area contributed by atoms with Crippen LogP contribution in [0.5, 0.6) is 0 Å². The van der Waals surface area contributed by atoms with Crippen LogP contribution in [0.3, 0.4) is 0 Å². The molecule has 0 aromatic carbocycles. The maximum Gasteiger partial charge on any atom is 0.496 e. The van der Waals surface area contributed by atoms with Gasteiger partial charge >= 0.3 is 7.12 Å². The van der Waals surface area contributed by atoms with E-state index >= 15 is 0 Å². The maximum atomic E-state index is 8.74. The van der Waals surface area contributed by atoms with E-state index in [9.17, 15) is 0 Å². The van der Waals surface area contributed by atoms with Crippen molar-refractivity contribution < 1.29 is 9.31 Å². The predicted molar refractivity (Wildman–Crippen MR) is 78.3 cm³/mol. The van der Waals surface area contributed by atoms with E-state index in [2.05, 4.69) is 11.1 Å². The average molecular weight is 273 g/mol. The molecule has 1 aromatic rings. The third-order valence-corrected chi connectivity index (χ3v) is 4.01. The molecule has 2 heterocycles. The van der Waals surface area contributed by atoms with Crippen molar-refractivity contribution in [3.63, 3.8) is 0 Å². The Morgan fingerprint density at radius 2 is 1.90 bits per heavy atom. The molecule has 1 aromatic heterocycles. The molecule has 0 saturated carbocycles. The summed E-state index contributed by atoms with van der Waals surface area (Å²) in [5.74, 6) is 0. The van der Waals surface area contributed by atoms with Gasteiger partial charge in [-0.25, -0.2) is 0 Å². The number of pyridine rings is 1. The second-order valence-corrected chi connectivity index (χ2v) is 6.05. The van der Waals surface area contributed by atoms with E-state index in [1.165, 1.54) is 0 Å². The van der Waals surface area contributed by atoms with Gasteiger partial charge in [-0.15, -0.1) is 0 Å². The lowest BCUT2D eigenvalue weighted by Gasteiger charge is -2.32. The largest absolute Gasteiger partial charge is 0.496 e. The molecule has 1 aliphatic rings. The van der Waals surface area contributed by atoms with Crippen LogP contribution in [0, 0.1) is 11.3 Å². The Labute approximate surface area is 120 Å². The molecule has 2 rings (SSSR count). The minimum Gasteiger partial charge on any atom is -0.399 e. The molecule has 0 amide bonds. The highest BCUT2D eigenvalue weighted by molar-refractivity contribution is 6.62. The molecule has 6 heteroatoms. The Balaban J connectivity index is 2.34. The summed E-state index contributed by atoms with van der Waals surface area (Å²) in [7, 11) is -0.496. The van der Waals surface area contributed by atoms with E-state index in [1.54, 1.807) is 6.20 Å². The van der Waals surface area contributed by atoms with Crippen LogP contribution in [0.15, 0.2) is 12.3 Å². The lowest BCUT2D eigenvalue weighted by Crippen LogP contribution is -2.41. The highest BCUT2D eigenvalue weighted by Crippen LogP contribution is 2.36. The van der Waals surface area contributed by atoms with E-state index in [4.69, 9.17) is 20.3 Å². The molecule has 2 N–H and O–H groups in total. The van der Waals surface area contributed by atoms with E-state index in [-0.39, 0.29) is 0 Å². The van der Waals surface area contributed by atoms with Crippen LogP contribution in [0.2, 0.25) is 0 Å². The normalized spacial score (nSPS) is 19.9. The summed E-state index contributed by atoms with van der Waals surface area (Å²) in [5.41, 5.74) is 7.19. The van der Waals surface area contributed by atoms with Gasteiger partial charge in [-0.2, -0.15) is 5.26 Å². The van der Waals surface area contributed by atoms with Gasteiger partial charge in [-0.05, 0) is 33.8 Å². The van der Waals surface area contributed by atoms with Crippen molar-refractivity contribution in [2.45, 2.75) is 51.7 Å². The van der Waals surface area contributed by atoms with Gasteiger partial charge in [-0.3, -0.25) is 4.98 Å². The standard InChI is InChI=1S/C14H20BN3O2/c1-13(2)14(3,4)20-15(19-13)11-8-10(17)9-18-12(11)6-5-7-16/h8-9H,5-6,17H2,1-4H3. The van der Waals surface area contributed by atoms with Crippen LogP contribution < -0.4 is 11.2 Å². The number of nitrogens with two attached hydrogens (primary N) is 1. The van der Waals surface area contributed by atoms with E-state index in [1.807, 2.05) is 33.8 Å². The molecule has 1 saturated heterocycles. The van der Waals surface area contributed by atoms with Crippen molar-refractivity contribution in [2.24, 2.45) is 0 Å². The molecular weight excluding hydrogens is 253 g/mol. The number of nitriles is 1. The summed E-state index contributed by atoms with van der Waals surface area (Å²) in [6, 6.07) is 3.95. The second kappa shape index (κ2) is 5.08. The van der Waals surface area contributed by atoms with Gasteiger partial charge in [0, 0.05) is 29.7 Å². The van der Waals surface area contributed by atoms with Gasteiger partial charge in [0.15, 0.2) is 0 Å². The fourth-order valence-corrected chi connectivity index (χ4v) is 2.08. The van der Waals surface area contributed by atoms with Gasteiger partial charge in [0.1, 0.15) is 0 Å². The SMILES string of the molecule is CC1(C)OB(c2cc(N)cnc2CCC#N)OC1(C)C. The summed E-state index contributed by atoms with van der Waals surface area (Å²) in [5, 5.41) is 8.74. The van der Waals surface area contributed by atoms with Crippen molar-refractivity contribution in [2.75, 3.05) is 5.73 Å². The summed E-state index contributed by atoms with van der Waals surface area (Å²) in [6.07, 6.45) is 2.57. The zero-order valence-corrected chi connectivity index (χ0v) is 12.4. The molecule has 0 radical (unpaired) electrons. The molecule has 1 fully saturated rings. The van der Waals surface area contributed by atoms with Crippen molar-refractivity contribution in [1.82, 2.24) is 4.98 Å². The number of hydrogen-bond donors (Lipinski definition) is 1. The number of hydrogen-bond acceptors (Lipinski definition) is 5. The van der Waals surface area contributed by atoms with Gasteiger partial charge in [0.25, 0.3) is 0 Å². The van der Waals surface area contributed by atoms with Gasteiger partial charge in [-0.1, -0.05) is 0 Å². The van der Waals surface area contributed by atoms with E-state index in [0.29, 0.717) is 18.5 Å². The smallest absolute Gasteiger partial charge is 0.399 e. The molecule has 20 heavy (non-hydrogen) atoms. The Morgan fingerprint density at radius 3 is 2.45 bits per heavy atom. The molecule has 1 aliphatic heterocycles. The first-order valence-electron chi connectivity index (χ1n) is 6.74. The van der Waals surface area contributed by atoms with Crippen LogP contribution >= 0.6 is 0 Å². The van der Waals surface area contributed by atoms with Crippen molar-refractivity contribution in [3.8, 4) is 6.07 Å². The lowest BCUT2D eigenvalue weighted by atomic mass is 9.77. The minimum absolute atomic E-state index is 0.406. The molecule has 5 nitrogen and oxygen atoms in total. The Hall–Kier alpha value is -1.58. The topological polar surface area (TPSA) is 81.2 Å². The minimum atomic E-state index is -0.496. The van der Waals surface area contributed by atoms with Gasteiger partial charge < -0.3 is 15.0 Å². The lowest BCUT2D eigenvalue weighted by molar-refractivity contribution is 0.00578. The van der Waals surface area contributed by atoms with Gasteiger partial charge in [0.2, 0.25) is 0 Å². The van der Waals surface area contributed by atoms with Crippen molar-refractivity contribution >= 4 is 18.3 Å². The van der Waals surface area contributed by atoms with Crippen LogP contribution in [0.25, 0.3) is 0 Å². The Bertz CT molecular complexity index is 536. The van der Waals surface area contributed by atoms with Crippen LogP contribution in [-0.4, -0.2) is 23.3 Å². The molecule has 0 unspecified atom stereocenters. The van der Waals surface area contributed by atoms with Crippen molar-refractivity contribution in [1.29, 1.82) is 5.26 Å². The quantitative estimate of drug-likeness (QED) is 0.842. The Kier molecular flexibility index (Phi) is 3.76. The number of nitrogen functional groups attached to an aromatic ring is 1. The highest BCUT2D eigenvalue weighted by Gasteiger charge is 2.52. The molecule has 0 bridgehead atoms. The second-order valence-electron chi connectivity index (χ2n) is 6.05. The zero-order chi connectivity index (χ0) is 15.0. The van der Waals surface area contributed by atoms with Crippen LogP contribution in [-0.2, 0) is 15.7 Å². The first kappa shape index (κ1) is 14.8. The molecular formula is C14H20BN3O2. The summed E-state index contributed by atoms with van der Waals surface area (Å²) in [4.78, 5) is 4.32. The zero-order valence-electron chi connectivity index (χ0n) is 12.4. The number of nitrogens with zero attached hydrogens (tertiary/aromatic N) is 2. The molecule has 106 valence electrons. The first-order chi connectivity index (χ1) is 9.27. The molecule has 0 spiro atoms. The fraction of sp³-hybridized carbons (Fsp3) is 0.571. The van der Waals surface area contributed by atoms with Crippen molar-refractivity contribution in [3.05, 3.63) is 18.0 Å².